The van der Waals surface area contributed by atoms with E-state index in [1.165, 1.54) is 57.8 Å². The summed E-state index contributed by atoms with van der Waals surface area (Å²) in [5.74, 6) is 4.10. The van der Waals surface area contributed by atoms with Crippen molar-refractivity contribution in [3.8, 4) is 0 Å². The van der Waals surface area contributed by atoms with Gasteiger partial charge in [0.05, 0.1) is 12.0 Å². The number of rotatable bonds is 0. The highest BCUT2D eigenvalue weighted by atomic mass is 16.5. The van der Waals surface area contributed by atoms with Gasteiger partial charge in [-0.1, -0.05) is 19.8 Å². The summed E-state index contributed by atoms with van der Waals surface area (Å²) in [5, 5.41) is 0. The monoisotopic (exact) mass is 302 g/mol. The highest BCUT2D eigenvalue weighted by molar-refractivity contribution is 5.80. The molecule has 4 aliphatic carbocycles. The molecule has 1 saturated heterocycles. The Morgan fingerprint density at radius 2 is 1.77 bits per heavy atom. The van der Waals surface area contributed by atoms with Crippen molar-refractivity contribution < 1.29 is 9.53 Å². The zero-order valence-corrected chi connectivity index (χ0v) is 14.0. The van der Waals surface area contributed by atoms with Crippen molar-refractivity contribution in [1.82, 2.24) is 0 Å². The lowest BCUT2D eigenvalue weighted by Gasteiger charge is -2.59. The fourth-order valence-corrected chi connectivity index (χ4v) is 8.04. The Morgan fingerprint density at radius 3 is 2.68 bits per heavy atom. The minimum absolute atomic E-state index is 0.0426. The number of cyclic esters (lactones) is 1. The third-order valence-electron chi connectivity index (χ3n) is 9.06. The Hall–Kier alpha value is -0.530. The maximum absolute atomic E-state index is 12.6. The quantitative estimate of drug-likeness (QED) is 0.613. The second-order valence-corrected chi connectivity index (χ2v) is 9.35. The first-order valence-electron chi connectivity index (χ1n) is 9.83. The van der Waals surface area contributed by atoms with Crippen LogP contribution in [0, 0.1) is 40.4 Å². The topological polar surface area (TPSA) is 26.3 Å². The molecule has 0 bridgehead atoms. The van der Waals surface area contributed by atoms with Crippen LogP contribution in [0.5, 0.6) is 0 Å². The zero-order valence-electron chi connectivity index (χ0n) is 14.0. The fourth-order valence-electron chi connectivity index (χ4n) is 8.04. The highest BCUT2D eigenvalue weighted by Crippen LogP contribution is 2.68. The summed E-state index contributed by atoms with van der Waals surface area (Å²) in [6, 6.07) is 0. The average Bonchev–Trinajstić information content (AvgIpc) is 3.04. The normalized spacial score (nSPS) is 56.6. The number of fused-ring (bicyclic) bond motifs is 4. The van der Waals surface area contributed by atoms with E-state index >= 15 is 0 Å². The van der Waals surface area contributed by atoms with E-state index in [9.17, 15) is 4.79 Å². The van der Waals surface area contributed by atoms with Crippen molar-refractivity contribution in [2.75, 3.05) is 6.61 Å². The first-order chi connectivity index (χ1) is 10.7. The van der Waals surface area contributed by atoms with Gasteiger partial charge in [0.1, 0.15) is 0 Å². The van der Waals surface area contributed by atoms with Crippen LogP contribution in [0.15, 0.2) is 0 Å². The first-order valence-corrected chi connectivity index (χ1v) is 9.83. The van der Waals surface area contributed by atoms with Gasteiger partial charge >= 0.3 is 5.97 Å². The first kappa shape index (κ1) is 13.9. The third-order valence-corrected chi connectivity index (χ3v) is 9.06. The second-order valence-electron chi connectivity index (χ2n) is 9.35. The molecule has 5 fully saturated rings. The highest BCUT2D eigenvalue weighted by Gasteiger charge is 2.67. The fraction of sp³-hybridized carbons (Fsp3) is 0.950. The van der Waals surface area contributed by atoms with Crippen molar-refractivity contribution in [3.63, 3.8) is 0 Å². The number of ether oxygens (including phenoxy) is 1. The number of carbonyl (C=O) groups excluding carboxylic acids is 1. The van der Waals surface area contributed by atoms with Crippen LogP contribution < -0.4 is 0 Å². The molecule has 0 N–H and O–H groups in total. The number of carbonyl (C=O) groups is 1. The molecule has 122 valence electrons. The predicted octanol–water partition coefficient (Wildman–Crippen LogP) is 4.57. The molecule has 22 heavy (non-hydrogen) atoms. The van der Waals surface area contributed by atoms with Gasteiger partial charge in [0.25, 0.3) is 0 Å². The molecular formula is C20H30O2. The summed E-state index contributed by atoms with van der Waals surface area (Å²) in [6.45, 7) is 3.34. The van der Waals surface area contributed by atoms with Crippen molar-refractivity contribution in [2.24, 2.45) is 40.4 Å². The Bertz CT molecular complexity index is 500. The molecule has 1 heterocycles. The van der Waals surface area contributed by atoms with E-state index in [1.807, 2.05) is 0 Å². The van der Waals surface area contributed by atoms with E-state index in [-0.39, 0.29) is 11.4 Å². The molecule has 0 aromatic rings. The van der Waals surface area contributed by atoms with E-state index < -0.39 is 0 Å². The molecule has 0 radical (unpaired) electrons. The Labute approximate surface area is 134 Å². The van der Waals surface area contributed by atoms with Crippen LogP contribution in [0.4, 0.5) is 0 Å². The van der Waals surface area contributed by atoms with Crippen LogP contribution in [0.25, 0.3) is 0 Å². The third kappa shape index (κ3) is 1.50. The Balaban J connectivity index is 1.51. The van der Waals surface area contributed by atoms with Gasteiger partial charge in [-0.15, -0.1) is 0 Å². The van der Waals surface area contributed by atoms with Crippen molar-refractivity contribution in [3.05, 3.63) is 0 Å². The standard InChI is InChI=1S/C20H30O2/c1-19-10-3-2-4-13(19)5-7-15-16(19)9-11-20-14(6-8-17(15)20)12-22-18(20)21/h13-17H,2-12H2,1H3/t13?,14-,15-,16?,17?,19+,20+/m1/s1. The Morgan fingerprint density at radius 1 is 0.909 bits per heavy atom. The SMILES string of the molecule is C[C@]12CCCCC1CC[C@@H]1C2CC[C@]23C(=O)OC[C@H]2CCC13. The summed E-state index contributed by atoms with van der Waals surface area (Å²) in [7, 11) is 0. The summed E-state index contributed by atoms with van der Waals surface area (Å²) < 4.78 is 5.55. The second kappa shape index (κ2) is 4.51. The van der Waals surface area contributed by atoms with Crippen molar-refractivity contribution in [2.45, 2.75) is 71.1 Å². The van der Waals surface area contributed by atoms with Crippen LogP contribution in [-0.4, -0.2) is 12.6 Å². The molecule has 4 saturated carbocycles. The lowest BCUT2D eigenvalue weighted by molar-refractivity contribution is -0.161. The van der Waals surface area contributed by atoms with Crippen LogP contribution >= 0.6 is 0 Å². The van der Waals surface area contributed by atoms with Gasteiger partial charge < -0.3 is 4.74 Å². The minimum Gasteiger partial charge on any atom is -0.465 e. The molecule has 5 aliphatic rings. The minimum atomic E-state index is -0.0426. The van der Waals surface area contributed by atoms with E-state index in [2.05, 4.69) is 6.92 Å². The van der Waals surface area contributed by atoms with Crippen molar-refractivity contribution >= 4 is 5.97 Å². The molecule has 7 atom stereocenters. The van der Waals surface area contributed by atoms with Gasteiger partial charge in [-0.05, 0) is 80.5 Å². The molecule has 1 spiro atoms. The summed E-state index contributed by atoms with van der Waals surface area (Å²) in [6.07, 6.45) is 13.7. The van der Waals surface area contributed by atoms with E-state index in [1.54, 1.807) is 0 Å². The molecule has 3 unspecified atom stereocenters. The van der Waals surface area contributed by atoms with Gasteiger partial charge in [-0.3, -0.25) is 4.79 Å². The number of esters is 1. The molecule has 0 aromatic heterocycles. The van der Waals surface area contributed by atoms with Gasteiger partial charge in [-0.25, -0.2) is 0 Å². The molecule has 1 aliphatic heterocycles. The van der Waals surface area contributed by atoms with Gasteiger partial charge in [0.15, 0.2) is 0 Å². The van der Waals surface area contributed by atoms with Gasteiger partial charge in [0, 0.05) is 5.92 Å². The molecule has 0 aromatic carbocycles. The lowest BCUT2D eigenvalue weighted by Crippen LogP contribution is -2.54. The van der Waals surface area contributed by atoms with E-state index in [4.69, 9.17) is 4.74 Å². The van der Waals surface area contributed by atoms with E-state index in [0.29, 0.717) is 17.3 Å². The molecule has 0 amide bonds. The van der Waals surface area contributed by atoms with Crippen LogP contribution in [0.1, 0.15) is 71.1 Å². The van der Waals surface area contributed by atoms with Crippen LogP contribution in [0.2, 0.25) is 0 Å². The largest absolute Gasteiger partial charge is 0.465 e. The maximum atomic E-state index is 12.6. The number of hydrogen-bond acceptors (Lipinski definition) is 2. The van der Waals surface area contributed by atoms with Gasteiger partial charge in [0.2, 0.25) is 0 Å². The summed E-state index contributed by atoms with van der Waals surface area (Å²) in [5.41, 5.74) is 0.544. The molecule has 2 heteroatoms. The Kier molecular flexibility index (Phi) is 2.84. The molecule has 2 nitrogen and oxygen atoms in total. The summed E-state index contributed by atoms with van der Waals surface area (Å²) in [4.78, 5) is 12.6. The van der Waals surface area contributed by atoms with Gasteiger partial charge in [-0.2, -0.15) is 0 Å². The summed E-state index contributed by atoms with van der Waals surface area (Å²) >= 11 is 0. The smallest absolute Gasteiger partial charge is 0.312 e. The lowest BCUT2D eigenvalue weighted by atomic mass is 9.45. The average molecular weight is 302 g/mol. The molecule has 5 rings (SSSR count). The van der Waals surface area contributed by atoms with E-state index in [0.717, 1.165) is 30.8 Å². The van der Waals surface area contributed by atoms with Crippen LogP contribution in [0.3, 0.4) is 0 Å². The number of hydrogen-bond donors (Lipinski definition) is 0. The zero-order chi connectivity index (χ0) is 14.9. The van der Waals surface area contributed by atoms with Crippen molar-refractivity contribution in [1.29, 1.82) is 0 Å². The predicted molar refractivity (Wildman–Crippen MR) is 85.1 cm³/mol. The maximum Gasteiger partial charge on any atom is 0.312 e. The molecular weight excluding hydrogens is 272 g/mol. The van der Waals surface area contributed by atoms with Crippen LogP contribution in [-0.2, 0) is 9.53 Å².